The Labute approximate surface area is 130 Å². The number of imidazole rings is 1. The van der Waals surface area contributed by atoms with Crippen LogP contribution >= 0.6 is 0 Å². The lowest BCUT2D eigenvalue weighted by molar-refractivity contribution is 1.10. The molecule has 0 N–H and O–H groups in total. The molecule has 22 heavy (non-hydrogen) atoms. The van der Waals surface area contributed by atoms with Gasteiger partial charge in [-0.3, -0.25) is 4.57 Å². The van der Waals surface area contributed by atoms with E-state index < -0.39 is 0 Å². The van der Waals surface area contributed by atoms with Gasteiger partial charge in [0.25, 0.3) is 0 Å². The van der Waals surface area contributed by atoms with E-state index in [1.807, 2.05) is 60.7 Å². The number of aromatic nitrogens is 2. The largest absolute Gasteiger partial charge is 0.292 e. The maximum atomic E-state index is 5.80. The smallest absolute Gasteiger partial charge is 0.145 e. The van der Waals surface area contributed by atoms with Gasteiger partial charge in [0, 0.05) is 11.3 Å². The molecular formula is C19H13BN2. The van der Waals surface area contributed by atoms with E-state index in [1.54, 1.807) is 0 Å². The molecule has 0 spiro atoms. The van der Waals surface area contributed by atoms with Crippen LogP contribution in [0.25, 0.3) is 28.1 Å². The van der Waals surface area contributed by atoms with Crippen molar-refractivity contribution >= 4 is 24.3 Å². The van der Waals surface area contributed by atoms with E-state index in [0.717, 1.165) is 33.6 Å². The molecule has 0 aliphatic carbocycles. The zero-order valence-corrected chi connectivity index (χ0v) is 12.0. The first-order chi connectivity index (χ1) is 10.8. The van der Waals surface area contributed by atoms with Crippen molar-refractivity contribution in [3.63, 3.8) is 0 Å². The quantitative estimate of drug-likeness (QED) is 0.514. The molecule has 0 aliphatic heterocycles. The summed E-state index contributed by atoms with van der Waals surface area (Å²) < 4.78 is 2.18. The van der Waals surface area contributed by atoms with Crippen LogP contribution in [0, 0.1) is 0 Å². The Morgan fingerprint density at radius 3 is 2.18 bits per heavy atom. The summed E-state index contributed by atoms with van der Waals surface area (Å²) in [5.41, 5.74) is 4.99. The Bertz CT molecular complexity index is 925. The number of nitrogens with zero attached hydrogens (tertiary/aromatic N) is 2. The predicted octanol–water partition coefficient (Wildman–Crippen LogP) is 3.49. The molecule has 0 saturated heterocycles. The number of benzene rings is 3. The summed E-state index contributed by atoms with van der Waals surface area (Å²) in [5.74, 6) is 0.924. The van der Waals surface area contributed by atoms with Gasteiger partial charge in [0.15, 0.2) is 0 Å². The number of para-hydroxylation sites is 3. The van der Waals surface area contributed by atoms with Gasteiger partial charge in [0.2, 0.25) is 0 Å². The summed E-state index contributed by atoms with van der Waals surface area (Å²) in [4.78, 5) is 4.81. The number of hydrogen-bond acceptors (Lipinski definition) is 1. The average Bonchev–Trinajstić information content (AvgIpc) is 2.96. The van der Waals surface area contributed by atoms with Gasteiger partial charge in [-0.15, -0.1) is 0 Å². The summed E-state index contributed by atoms with van der Waals surface area (Å²) >= 11 is 0. The van der Waals surface area contributed by atoms with Gasteiger partial charge >= 0.3 is 0 Å². The molecule has 4 rings (SSSR count). The topological polar surface area (TPSA) is 17.8 Å². The standard InChI is InChI=1S/C19H13BN2/c20-15-12-10-14(11-13-15)19-21-17-8-4-5-9-18(17)22(19)16-6-2-1-3-7-16/h1-13H. The summed E-state index contributed by atoms with van der Waals surface area (Å²) in [7, 11) is 5.80. The van der Waals surface area contributed by atoms with Crippen molar-refractivity contribution in [1.29, 1.82) is 0 Å². The first-order valence-corrected chi connectivity index (χ1v) is 7.22. The van der Waals surface area contributed by atoms with E-state index in [1.165, 1.54) is 0 Å². The van der Waals surface area contributed by atoms with E-state index in [2.05, 4.69) is 22.8 Å². The zero-order chi connectivity index (χ0) is 14.9. The molecule has 2 nitrogen and oxygen atoms in total. The first kappa shape index (κ1) is 12.9. The Hall–Kier alpha value is -2.81. The van der Waals surface area contributed by atoms with Gasteiger partial charge in [-0.05, 0) is 24.3 Å². The molecule has 0 amide bonds. The third-order valence-electron chi connectivity index (χ3n) is 3.74. The number of rotatable bonds is 2. The normalized spacial score (nSPS) is 10.9. The zero-order valence-electron chi connectivity index (χ0n) is 12.0. The lowest BCUT2D eigenvalue weighted by atomic mass is 9.95. The number of hydrogen-bond donors (Lipinski definition) is 0. The van der Waals surface area contributed by atoms with Crippen LogP contribution in [0.4, 0.5) is 0 Å². The van der Waals surface area contributed by atoms with Gasteiger partial charge < -0.3 is 0 Å². The summed E-state index contributed by atoms with van der Waals surface area (Å²) in [6.45, 7) is 0. The minimum Gasteiger partial charge on any atom is -0.292 e. The second kappa shape index (κ2) is 5.19. The van der Waals surface area contributed by atoms with Crippen LogP contribution in [0.15, 0.2) is 78.9 Å². The SMILES string of the molecule is [B]c1ccc(-c2nc3ccccc3n2-c2ccccc2)cc1. The maximum absolute atomic E-state index is 5.80. The van der Waals surface area contributed by atoms with E-state index in [0.29, 0.717) is 0 Å². The van der Waals surface area contributed by atoms with Crippen molar-refractivity contribution in [3.05, 3.63) is 78.9 Å². The van der Waals surface area contributed by atoms with Crippen molar-refractivity contribution < 1.29 is 0 Å². The average molecular weight is 280 g/mol. The van der Waals surface area contributed by atoms with Crippen molar-refractivity contribution in [2.75, 3.05) is 0 Å². The van der Waals surface area contributed by atoms with Crippen LogP contribution in [-0.2, 0) is 0 Å². The van der Waals surface area contributed by atoms with Gasteiger partial charge in [-0.1, -0.05) is 60.1 Å². The van der Waals surface area contributed by atoms with Crippen LogP contribution in [-0.4, -0.2) is 17.4 Å². The third-order valence-corrected chi connectivity index (χ3v) is 3.74. The molecule has 102 valence electrons. The molecular weight excluding hydrogens is 267 g/mol. The van der Waals surface area contributed by atoms with Crippen LogP contribution in [0.1, 0.15) is 0 Å². The highest BCUT2D eigenvalue weighted by atomic mass is 15.1. The highest BCUT2D eigenvalue weighted by molar-refractivity contribution is 6.32. The second-order valence-electron chi connectivity index (χ2n) is 5.22. The van der Waals surface area contributed by atoms with Gasteiger partial charge in [-0.25, -0.2) is 4.98 Å². The summed E-state index contributed by atoms with van der Waals surface area (Å²) in [6, 6.07) is 26.3. The molecule has 0 unspecified atom stereocenters. The lowest BCUT2D eigenvalue weighted by Gasteiger charge is -2.09. The molecule has 4 aromatic rings. The van der Waals surface area contributed by atoms with E-state index in [9.17, 15) is 0 Å². The molecule has 1 aromatic heterocycles. The molecule has 0 fully saturated rings. The van der Waals surface area contributed by atoms with Gasteiger partial charge in [0.1, 0.15) is 13.7 Å². The molecule has 0 aliphatic rings. The fraction of sp³-hybridized carbons (Fsp3) is 0. The van der Waals surface area contributed by atoms with Crippen LogP contribution in [0.2, 0.25) is 0 Å². The fourth-order valence-electron chi connectivity index (χ4n) is 2.69. The number of fused-ring (bicyclic) bond motifs is 1. The van der Waals surface area contributed by atoms with Crippen molar-refractivity contribution in [2.24, 2.45) is 0 Å². The highest BCUT2D eigenvalue weighted by Crippen LogP contribution is 2.27. The minimum atomic E-state index is 0.756. The molecule has 1 heterocycles. The highest BCUT2D eigenvalue weighted by Gasteiger charge is 2.13. The fourth-order valence-corrected chi connectivity index (χ4v) is 2.69. The summed E-state index contributed by atoms with van der Waals surface area (Å²) in [6.07, 6.45) is 0. The molecule has 0 atom stereocenters. The van der Waals surface area contributed by atoms with Crippen LogP contribution in [0.3, 0.4) is 0 Å². The Kier molecular flexibility index (Phi) is 3.04. The summed E-state index contributed by atoms with van der Waals surface area (Å²) in [5, 5.41) is 0. The maximum Gasteiger partial charge on any atom is 0.145 e. The van der Waals surface area contributed by atoms with Crippen molar-refractivity contribution in [3.8, 4) is 17.1 Å². The van der Waals surface area contributed by atoms with Crippen LogP contribution < -0.4 is 5.46 Å². The molecule has 3 heteroatoms. The van der Waals surface area contributed by atoms with Crippen LogP contribution in [0.5, 0.6) is 0 Å². The van der Waals surface area contributed by atoms with Crippen molar-refractivity contribution in [1.82, 2.24) is 9.55 Å². The van der Waals surface area contributed by atoms with E-state index in [4.69, 9.17) is 12.8 Å². The Balaban J connectivity index is 2.04. The molecule has 2 radical (unpaired) electrons. The predicted molar refractivity (Wildman–Crippen MR) is 91.9 cm³/mol. The second-order valence-corrected chi connectivity index (χ2v) is 5.22. The third kappa shape index (κ3) is 2.11. The Morgan fingerprint density at radius 1 is 0.727 bits per heavy atom. The molecule has 0 bridgehead atoms. The first-order valence-electron chi connectivity index (χ1n) is 7.22. The monoisotopic (exact) mass is 280 g/mol. The lowest BCUT2D eigenvalue weighted by Crippen LogP contribution is -2.01. The molecule has 0 saturated carbocycles. The van der Waals surface area contributed by atoms with E-state index >= 15 is 0 Å². The Morgan fingerprint density at radius 2 is 1.41 bits per heavy atom. The van der Waals surface area contributed by atoms with Gasteiger partial charge in [-0.2, -0.15) is 0 Å². The minimum absolute atomic E-state index is 0.756. The molecule has 3 aromatic carbocycles. The van der Waals surface area contributed by atoms with Gasteiger partial charge in [0.05, 0.1) is 11.0 Å². The van der Waals surface area contributed by atoms with Crippen molar-refractivity contribution in [2.45, 2.75) is 0 Å². The van der Waals surface area contributed by atoms with E-state index in [-0.39, 0.29) is 0 Å².